The maximum Gasteiger partial charge on any atom is 0.328 e. The molecule has 4 nitrogen and oxygen atoms in total. The lowest BCUT2D eigenvalue weighted by Crippen LogP contribution is -1.99. The summed E-state index contributed by atoms with van der Waals surface area (Å²) in [6.07, 6.45) is 2.56. The predicted octanol–water partition coefficient (Wildman–Crippen LogP) is 3.25. The van der Waals surface area contributed by atoms with Crippen LogP contribution < -0.4 is 10.5 Å². The van der Waals surface area contributed by atoms with Crippen molar-refractivity contribution in [2.75, 3.05) is 5.73 Å². The third-order valence-corrected chi connectivity index (χ3v) is 2.93. The number of nitrogen functional groups attached to an aromatic ring is 1. The van der Waals surface area contributed by atoms with Crippen molar-refractivity contribution in [3.05, 3.63) is 65.2 Å². The van der Waals surface area contributed by atoms with Crippen LogP contribution in [-0.4, -0.2) is 11.1 Å². The van der Waals surface area contributed by atoms with E-state index in [4.69, 9.17) is 15.6 Å². The molecule has 0 aliphatic rings. The number of carboxylic acid groups (broad SMARTS) is 1. The van der Waals surface area contributed by atoms with Crippen LogP contribution in [0.15, 0.2) is 48.5 Å². The van der Waals surface area contributed by atoms with Crippen LogP contribution in [0.2, 0.25) is 0 Å². The second kappa shape index (κ2) is 6.61. The number of hydrogen-bond donors (Lipinski definition) is 2. The number of rotatable bonds is 5. The largest absolute Gasteiger partial charge is 0.487 e. The Hall–Kier alpha value is -2.75. The molecule has 2 rings (SSSR count). The molecule has 0 spiro atoms. The zero-order valence-corrected chi connectivity index (χ0v) is 11.7. The molecule has 0 saturated carbocycles. The number of ether oxygens (including phenoxy) is 1. The molecule has 0 unspecified atom stereocenters. The molecule has 2 aromatic carbocycles. The maximum absolute atomic E-state index is 10.5. The van der Waals surface area contributed by atoms with Crippen molar-refractivity contribution >= 4 is 17.7 Å². The number of aryl methyl sites for hydroxylation is 1. The molecule has 4 heteroatoms. The highest BCUT2D eigenvalue weighted by atomic mass is 16.5. The Labute approximate surface area is 123 Å². The summed E-state index contributed by atoms with van der Waals surface area (Å²) in [5.41, 5.74) is 9.37. The van der Waals surface area contributed by atoms with Crippen molar-refractivity contribution in [1.82, 2.24) is 0 Å². The molecule has 3 N–H and O–H groups in total. The normalized spacial score (nSPS) is 10.7. The van der Waals surface area contributed by atoms with Crippen molar-refractivity contribution in [1.29, 1.82) is 0 Å². The molecule has 108 valence electrons. The van der Waals surface area contributed by atoms with Gasteiger partial charge in [-0.05, 0) is 36.3 Å². The zero-order chi connectivity index (χ0) is 15.2. The number of nitrogens with two attached hydrogens (primary N) is 1. The Morgan fingerprint density at radius 1 is 1.29 bits per heavy atom. The molecule has 0 heterocycles. The van der Waals surface area contributed by atoms with Crippen molar-refractivity contribution in [2.45, 2.75) is 13.5 Å². The van der Waals surface area contributed by atoms with Gasteiger partial charge in [0.25, 0.3) is 0 Å². The monoisotopic (exact) mass is 283 g/mol. The summed E-state index contributed by atoms with van der Waals surface area (Å²) in [7, 11) is 0. The van der Waals surface area contributed by atoms with E-state index in [1.807, 2.05) is 25.1 Å². The van der Waals surface area contributed by atoms with E-state index in [9.17, 15) is 4.79 Å². The van der Waals surface area contributed by atoms with Gasteiger partial charge in [0.1, 0.15) is 12.4 Å². The van der Waals surface area contributed by atoms with Gasteiger partial charge in [0.2, 0.25) is 0 Å². The fourth-order valence-electron chi connectivity index (χ4n) is 1.93. The highest BCUT2D eigenvalue weighted by molar-refractivity contribution is 5.85. The first-order valence-electron chi connectivity index (χ1n) is 6.53. The van der Waals surface area contributed by atoms with Gasteiger partial charge in [-0.1, -0.05) is 35.9 Å². The Morgan fingerprint density at radius 2 is 2.10 bits per heavy atom. The first-order chi connectivity index (χ1) is 10.0. The van der Waals surface area contributed by atoms with Gasteiger partial charge in [0.05, 0.1) is 5.69 Å². The van der Waals surface area contributed by atoms with Gasteiger partial charge in [0.15, 0.2) is 0 Å². The van der Waals surface area contributed by atoms with E-state index in [0.717, 1.165) is 17.2 Å². The predicted molar refractivity (Wildman–Crippen MR) is 83.0 cm³/mol. The lowest BCUT2D eigenvalue weighted by Gasteiger charge is -2.10. The molecule has 2 aromatic rings. The number of hydrogen-bond acceptors (Lipinski definition) is 3. The fourth-order valence-corrected chi connectivity index (χ4v) is 1.93. The smallest absolute Gasteiger partial charge is 0.328 e. The molecule has 0 aliphatic heterocycles. The van der Waals surface area contributed by atoms with Crippen LogP contribution in [0.3, 0.4) is 0 Å². The van der Waals surface area contributed by atoms with E-state index in [-0.39, 0.29) is 0 Å². The van der Waals surface area contributed by atoms with E-state index in [2.05, 4.69) is 6.07 Å². The number of benzene rings is 2. The summed E-state index contributed by atoms with van der Waals surface area (Å²) >= 11 is 0. The summed E-state index contributed by atoms with van der Waals surface area (Å²) in [6.45, 7) is 2.47. The number of carbonyl (C=O) groups is 1. The Balaban J connectivity index is 2.06. The third-order valence-electron chi connectivity index (χ3n) is 2.93. The average Bonchev–Trinajstić information content (AvgIpc) is 2.44. The molecule has 21 heavy (non-hydrogen) atoms. The maximum atomic E-state index is 10.5. The van der Waals surface area contributed by atoms with Crippen LogP contribution in [0.25, 0.3) is 6.08 Å². The second-order valence-corrected chi connectivity index (χ2v) is 4.75. The van der Waals surface area contributed by atoms with Gasteiger partial charge in [-0.3, -0.25) is 0 Å². The van der Waals surface area contributed by atoms with Crippen LogP contribution >= 0.6 is 0 Å². The van der Waals surface area contributed by atoms with E-state index < -0.39 is 5.97 Å². The number of carboxylic acids is 1. The summed E-state index contributed by atoms with van der Waals surface area (Å²) in [5, 5.41) is 8.59. The van der Waals surface area contributed by atoms with E-state index >= 15 is 0 Å². The molecule has 0 fully saturated rings. The molecule has 0 atom stereocenters. The van der Waals surface area contributed by atoms with Crippen molar-refractivity contribution in [2.24, 2.45) is 0 Å². The van der Waals surface area contributed by atoms with Crippen LogP contribution in [0.5, 0.6) is 5.75 Å². The lowest BCUT2D eigenvalue weighted by molar-refractivity contribution is -0.131. The number of anilines is 1. The van der Waals surface area contributed by atoms with Crippen LogP contribution in [-0.2, 0) is 11.4 Å². The summed E-state index contributed by atoms with van der Waals surface area (Å²) in [4.78, 5) is 10.5. The highest BCUT2D eigenvalue weighted by Gasteiger charge is 2.02. The average molecular weight is 283 g/mol. The van der Waals surface area contributed by atoms with Crippen molar-refractivity contribution < 1.29 is 14.6 Å². The summed E-state index contributed by atoms with van der Waals surface area (Å²) in [5.74, 6) is -0.405. The minimum Gasteiger partial charge on any atom is -0.487 e. The highest BCUT2D eigenvalue weighted by Crippen LogP contribution is 2.24. The van der Waals surface area contributed by atoms with E-state index in [1.54, 1.807) is 18.2 Å². The van der Waals surface area contributed by atoms with Crippen LogP contribution in [0.4, 0.5) is 5.69 Å². The molecule has 0 aromatic heterocycles. The Bertz CT molecular complexity index is 677. The summed E-state index contributed by atoms with van der Waals surface area (Å²) < 4.78 is 5.69. The third kappa shape index (κ3) is 4.38. The van der Waals surface area contributed by atoms with Gasteiger partial charge >= 0.3 is 5.97 Å². The molecule has 0 bridgehead atoms. The molecular weight excluding hydrogens is 266 g/mol. The molecule has 0 saturated heterocycles. The topological polar surface area (TPSA) is 72.5 Å². The van der Waals surface area contributed by atoms with E-state index in [0.29, 0.717) is 18.0 Å². The van der Waals surface area contributed by atoms with Crippen molar-refractivity contribution in [3.8, 4) is 5.75 Å². The standard InChI is InChI=1S/C17H17NO3/c1-12-3-2-4-14(9-12)11-21-16-7-5-13(10-15(16)18)6-8-17(19)20/h2-10H,11,18H2,1H3,(H,19,20)/b8-6-. The van der Waals surface area contributed by atoms with Gasteiger partial charge in [-0.2, -0.15) is 0 Å². The molecule has 0 amide bonds. The van der Waals surface area contributed by atoms with Crippen LogP contribution in [0, 0.1) is 6.92 Å². The molecule has 0 radical (unpaired) electrons. The van der Waals surface area contributed by atoms with Gasteiger partial charge in [-0.15, -0.1) is 0 Å². The fraction of sp³-hybridized carbons (Fsp3) is 0.118. The first-order valence-corrected chi connectivity index (χ1v) is 6.53. The zero-order valence-electron chi connectivity index (χ0n) is 11.7. The Kier molecular flexibility index (Phi) is 4.61. The quantitative estimate of drug-likeness (QED) is 0.652. The lowest BCUT2D eigenvalue weighted by atomic mass is 10.1. The van der Waals surface area contributed by atoms with Gasteiger partial charge in [-0.25, -0.2) is 4.79 Å². The Morgan fingerprint density at radius 3 is 2.76 bits per heavy atom. The van der Waals surface area contributed by atoms with Crippen molar-refractivity contribution in [3.63, 3.8) is 0 Å². The van der Waals surface area contributed by atoms with E-state index in [1.165, 1.54) is 11.6 Å². The molecule has 0 aliphatic carbocycles. The molecular formula is C17H17NO3. The van der Waals surface area contributed by atoms with Gasteiger partial charge < -0.3 is 15.6 Å². The van der Waals surface area contributed by atoms with Crippen LogP contribution in [0.1, 0.15) is 16.7 Å². The second-order valence-electron chi connectivity index (χ2n) is 4.75. The minimum absolute atomic E-state index is 0.441. The first kappa shape index (κ1) is 14.7. The van der Waals surface area contributed by atoms with Gasteiger partial charge in [0, 0.05) is 6.08 Å². The minimum atomic E-state index is -0.992. The SMILES string of the molecule is Cc1cccc(COc2ccc(/C=C\C(=O)O)cc2N)c1. The number of aliphatic carboxylic acids is 1. The summed E-state index contributed by atoms with van der Waals surface area (Å²) in [6, 6.07) is 13.3.